The second-order valence-corrected chi connectivity index (χ2v) is 14.8. The fraction of sp³-hybridized carbons (Fsp3) is 0.900. The Labute approximate surface area is 211 Å². The highest BCUT2D eigenvalue weighted by molar-refractivity contribution is 5.76. The molecule has 5 rings (SSSR count). The first-order valence-electron chi connectivity index (χ1n) is 14.1. The van der Waals surface area contributed by atoms with Crippen molar-refractivity contribution in [1.29, 1.82) is 0 Å². The van der Waals surface area contributed by atoms with E-state index < -0.39 is 22.9 Å². The summed E-state index contributed by atoms with van der Waals surface area (Å²) in [5.74, 6) is -0.0177. The highest BCUT2D eigenvalue weighted by Gasteiger charge is 2.70. The standard InChI is InChI=1S/C30H48O5/c1-25(2)12-14-29(24(34)35)15-13-27(4)19(20(29)16-25)6-7-21-26(3)10-9-23(33)30(17-31,18-32)22(26)8-11-28(21,27)5/h6,20-23,31-33H,7-18H2,1-5H3,(H,34,35)/t20-,21+,22+,23-,26+,27+,28+,29-/m0/s1. The van der Waals surface area contributed by atoms with Gasteiger partial charge in [0.25, 0.3) is 0 Å². The number of aliphatic hydroxyl groups excluding tert-OH is 3. The number of aliphatic carboxylic acids is 1. The zero-order valence-electron chi connectivity index (χ0n) is 22.6. The fourth-order valence-corrected chi connectivity index (χ4v) is 10.7. The number of carboxylic acid groups (broad SMARTS) is 1. The molecule has 5 heteroatoms. The molecule has 198 valence electrons. The zero-order valence-corrected chi connectivity index (χ0v) is 22.6. The number of carbonyl (C=O) groups is 1. The second-order valence-electron chi connectivity index (χ2n) is 14.8. The number of carboxylic acids is 1. The Bertz CT molecular complexity index is 920. The summed E-state index contributed by atoms with van der Waals surface area (Å²) in [6.07, 6.45) is 10.5. The summed E-state index contributed by atoms with van der Waals surface area (Å²) in [5, 5.41) is 42.3. The minimum absolute atomic E-state index is 0.0352. The molecule has 0 saturated heterocycles. The van der Waals surface area contributed by atoms with Crippen LogP contribution in [0.2, 0.25) is 0 Å². The van der Waals surface area contributed by atoms with Gasteiger partial charge in [0.1, 0.15) is 0 Å². The van der Waals surface area contributed by atoms with E-state index in [2.05, 4.69) is 40.7 Å². The molecule has 35 heavy (non-hydrogen) atoms. The van der Waals surface area contributed by atoms with Crippen molar-refractivity contribution in [3.63, 3.8) is 0 Å². The Morgan fingerprint density at radius 2 is 1.57 bits per heavy atom. The zero-order chi connectivity index (χ0) is 25.7. The molecular weight excluding hydrogens is 440 g/mol. The number of hydrogen-bond acceptors (Lipinski definition) is 4. The molecule has 5 aliphatic rings. The van der Waals surface area contributed by atoms with Gasteiger partial charge in [0.2, 0.25) is 0 Å². The molecule has 4 N–H and O–H groups in total. The maximum Gasteiger partial charge on any atom is 0.310 e. The lowest BCUT2D eigenvalue weighted by Gasteiger charge is -2.71. The number of aliphatic hydroxyl groups is 3. The molecule has 0 aromatic carbocycles. The monoisotopic (exact) mass is 488 g/mol. The Morgan fingerprint density at radius 1 is 0.914 bits per heavy atom. The van der Waals surface area contributed by atoms with E-state index in [4.69, 9.17) is 0 Å². The summed E-state index contributed by atoms with van der Waals surface area (Å²) in [5.41, 5.74) is 0.0411. The normalized spacial score (nSPS) is 50.1. The largest absolute Gasteiger partial charge is 0.481 e. The van der Waals surface area contributed by atoms with Crippen molar-refractivity contribution in [2.45, 2.75) is 105 Å². The van der Waals surface area contributed by atoms with Crippen molar-refractivity contribution in [2.75, 3.05) is 13.2 Å². The molecule has 0 spiro atoms. The van der Waals surface area contributed by atoms with Crippen LogP contribution >= 0.6 is 0 Å². The van der Waals surface area contributed by atoms with Gasteiger partial charge in [-0.2, -0.15) is 0 Å². The second kappa shape index (κ2) is 7.80. The molecule has 5 nitrogen and oxygen atoms in total. The molecule has 0 aromatic heterocycles. The first-order chi connectivity index (χ1) is 16.3. The van der Waals surface area contributed by atoms with Crippen molar-refractivity contribution in [3.8, 4) is 0 Å². The van der Waals surface area contributed by atoms with Gasteiger partial charge < -0.3 is 20.4 Å². The van der Waals surface area contributed by atoms with Crippen LogP contribution in [0, 0.1) is 50.2 Å². The lowest BCUT2D eigenvalue weighted by Crippen LogP contribution is -2.67. The molecule has 0 aliphatic heterocycles. The quantitative estimate of drug-likeness (QED) is 0.411. The average molecular weight is 489 g/mol. The SMILES string of the molecule is CC1(C)CC[C@]2(C(=O)O)CC[C@]3(C)C(=CC[C@@H]4[C@@]5(C)CC[C@H](O)C(CO)(CO)[C@@H]5CC[C@]43C)[C@@H]2C1. The number of fused-ring (bicyclic) bond motifs is 7. The van der Waals surface area contributed by atoms with Crippen molar-refractivity contribution >= 4 is 5.97 Å². The Balaban J connectivity index is 1.60. The molecule has 4 fully saturated rings. The minimum Gasteiger partial charge on any atom is -0.481 e. The van der Waals surface area contributed by atoms with Crippen LogP contribution in [0.4, 0.5) is 0 Å². The topological polar surface area (TPSA) is 98.0 Å². The van der Waals surface area contributed by atoms with E-state index in [9.17, 15) is 25.2 Å². The summed E-state index contributed by atoms with van der Waals surface area (Å²) < 4.78 is 0. The maximum absolute atomic E-state index is 12.8. The summed E-state index contributed by atoms with van der Waals surface area (Å²) in [7, 11) is 0. The first kappa shape index (κ1) is 25.7. The van der Waals surface area contributed by atoms with E-state index in [1.165, 1.54) is 5.57 Å². The lowest BCUT2D eigenvalue weighted by molar-refractivity contribution is -0.230. The summed E-state index contributed by atoms with van der Waals surface area (Å²) >= 11 is 0. The van der Waals surface area contributed by atoms with Crippen LogP contribution in [0.25, 0.3) is 0 Å². The van der Waals surface area contributed by atoms with Gasteiger partial charge in [-0.25, -0.2) is 0 Å². The van der Waals surface area contributed by atoms with Crippen LogP contribution in [0.5, 0.6) is 0 Å². The van der Waals surface area contributed by atoms with Crippen LogP contribution in [-0.2, 0) is 4.79 Å². The van der Waals surface area contributed by atoms with Gasteiger partial charge in [-0.05, 0) is 104 Å². The molecule has 0 heterocycles. The predicted molar refractivity (Wildman–Crippen MR) is 136 cm³/mol. The van der Waals surface area contributed by atoms with Crippen LogP contribution < -0.4 is 0 Å². The first-order valence-corrected chi connectivity index (χ1v) is 14.1. The minimum atomic E-state index is -0.836. The third kappa shape index (κ3) is 3.07. The van der Waals surface area contributed by atoms with E-state index in [1.54, 1.807) is 0 Å². The highest BCUT2D eigenvalue weighted by Crippen LogP contribution is 2.75. The summed E-state index contributed by atoms with van der Waals surface area (Å²) in [6, 6.07) is 0. The molecule has 4 saturated carbocycles. The van der Waals surface area contributed by atoms with Gasteiger partial charge in [-0.15, -0.1) is 0 Å². The average Bonchev–Trinajstić information content (AvgIpc) is 2.80. The van der Waals surface area contributed by atoms with Gasteiger partial charge in [-0.3, -0.25) is 4.79 Å². The smallest absolute Gasteiger partial charge is 0.310 e. The summed E-state index contributed by atoms with van der Waals surface area (Å²) in [6.45, 7) is 11.5. The highest BCUT2D eigenvalue weighted by atomic mass is 16.4. The molecular formula is C30H48O5. The predicted octanol–water partition coefficient (Wildman–Crippen LogP) is 5.18. The summed E-state index contributed by atoms with van der Waals surface area (Å²) in [4.78, 5) is 12.8. The van der Waals surface area contributed by atoms with Crippen molar-refractivity contribution in [2.24, 2.45) is 50.2 Å². The number of hydrogen-bond donors (Lipinski definition) is 4. The Hall–Kier alpha value is -0.910. The molecule has 8 atom stereocenters. The molecule has 0 radical (unpaired) electrons. The van der Waals surface area contributed by atoms with E-state index in [0.717, 1.165) is 57.8 Å². The molecule has 0 bridgehead atoms. The van der Waals surface area contributed by atoms with E-state index in [1.807, 2.05) is 0 Å². The van der Waals surface area contributed by atoms with Crippen molar-refractivity contribution < 1.29 is 25.2 Å². The van der Waals surface area contributed by atoms with Gasteiger partial charge >= 0.3 is 5.97 Å². The van der Waals surface area contributed by atoms with Crippen molar-refractivity contribution in [1.82, 2.24) is 0 Å². The van der Waals surface area contributed by atoms with Gasteiger partial charge in [0, 0.05) is 5.41 Å². The molecule has 0 aromatic rings. The van der Waals surface area contributed by atoms with Crippen LogP contribution in [0.15, 0.2) is 11.6 Å². The van der Waals surface area contributed by atoms with Crippen molar-refractivity contribution in [3.05, 3.63) is 11.6 Å². The van der Waals surface area contributed by atoms with Crippen LogP contribution in [0.3, 0.4) is 0 Å². The maximum atomic E-state index is 12.8. The third-order valence-corrected chi connectivity index (χ3v) is 13.2. The fourth-order valence-electron chi connectivity index (χ4n) is 10.7. The molecule has 5 aliphatic carbocycles. The molecule has 0 amide bonds. The van der Waals surface area contributed by atoms with E-state index in [0.29, 0.717) is 12.3 Å². The van der Waals surface area contributed by atoms with Gasteiger partial charge in [-0.1, -0.05) is 46.3 Å². The van der Waals surface area contributed by atoms with Crippen LogP contribution in [0.1, 0.15) is 98.8 Å². The van der Waals surface area contributed by atoms with Crippen LogP contribution in [-0.4, -0.2) is 45.7 Å². The van der Waals surface area contributed by atoms with E-state index in [-0.39, 0.29) is 46.7 Å². The Morgan fingerprint density at radius 3 is 2.20 bits per heavy atom. The third-order valence-electron chi connectivity index (χ3n) is 13.2. The van der Waals surface area contributed by atoms with Gasteiger partial charge in [0.15, 0.2) is 0 Å². The lowest BCUT2D eigenvalue weighted by atomic mass is 9.33. The number of allylic oxidation sites excluding steroid dienone is 2. The van der Waals surface area contributed by atoms with Gasteiger partial charge in [0.05, 0.1) is 24.7 Å². The van der Waals surface area contributed by atoms with E-state index >= 15 is 0 Å². The molecule has 0 unspecified atom stereocenters. The number of rotatable bonds is 3. The Kier molecular flexibility index (Phi) is 5.73.